The van der Waals surface area contributed by atoms with Crippen molar-refractivity contribution < 1.29 is 14.3 Å². The molecular weight excluding hydrogens is 292 g/mol. The number of benzene rings is 2. The van der Waals surface area contributed by atoms with Crippen molar-refractivity contribution in [3.8, 4) is 0 Å². The van der Waals surface area contributed by atoms with Gasteiger partial charge in [0.05, 0.1) is 6.54 Å². The van der Waals surface area contributed by atoms with Gasteiger partial charge in [0, 0.05) is 6.54 Å². The van der Waals surface area contributed by atoms with E-state index in [1.807, 2.05) is 60.7 Å². The van der Waals surface area contributed by atoms with E-state index in [0.717, 1.165) is 11.1 Å². The topological polar surface area (TPSA) is 58.6 Å². The Bertz CT molecular complexity index is 673. The maximum atomic E-state index is 12.4. The SMILES string of the molecule is O=C(NCc1ccccc1)[C@@H]1COC(=O)N1Cc1ccccc1. The summed E-state index contributed by atoms with van der Waals surface area (Å²) in [6.07, 6.45) is -0.450. The van der Waals surface area contributed by atoms with Crippen LogP contribution in [0.1, 0.15) is 11.1 Å². The Labute approximate surface area is 134 Å². The molecule has 1 atom stereocenters. The van der Waals surface area contributed by atoms with Crippen molar-refractivity contribution >= 4 is 12.0 Å². The van der Waals surface area contributed by atoms with Gasteiger partial charge < -0.3 is 10.1 Å². The van der Waals surface area contributed by atoms with Crippen molar-refractivity contribution in [1.29, 1.82) is 0 Å². The molecule has 0 aromatic heterocycles. The number of hydrogen-bond donors (Lipinski definition) is 1. The lowest BCUT2D eigenvalue weighted by molar-refractivity contribution is -0.125. The van der Waals surface area contributed by atoms with Crippen molar-refractivity contribution in [3.63, 3.8) is 0 Å². The van der Waals surface area contributed by atoms with Gasteiger partial charge in [0.25, 0.3) is 0 Å². The number of cyclic esters (lactones) is 1. The Morgan fingerprint density at radius 2 is 1.65 bits per heavy atom. The molecule has 1 N–H and O–H groups in total. The summed E-state index contributed by atoms with van der Waals surface area (Å²) < 4.78 is 5.05. The van der Waals surface area contributed by atoms with Crippen molar-refractivity contribution in [2.75, 3.05) is 6.61 Å². The number of hydrogen-bond acceptors (Lipinski definition) is 3. The van der Waals surface area contributed by atoms with Crippen LogP contribution in [-0.4, -0.2) is 29.5 Å². The first-order chi connectivity index (χ1) is 11.2. The van der Waals surface area contributed by atoms with Crippen molar-refractivity contribution in [3.05, 3.63) is 71.8 Å². The summed E-state index contributed by atoms with van der Waals surface area (Å²) in [5, 5.41) is 2.86. The largest absolute Gasteiger partial charge is 0.447 e. The molecule has 0 spiro atoms. The summed E-state index contributed by atoms with van der Waals surface area (Å²) in [4.78, 5) is 25.7. The fraction of sp³-hybridized carbons (Fsp3) is 0.222. The van der Waals surface area contributed by atoms with Gasteiger partial charge in [-0.25, -0.2) is 4.79 Å². The zero-order valence-electron chi connectivity index (χ0n) is 12.6. The fourth-order valence-electron chi connectivity index (χ4n) is 2.53. The molecule has 3 rings (SSSR count). The van der Waals surface area contributed by atoms with Gasteiger partial charge in [-0.3, -0.25) is 9.69 Å². The number of nitrogens with one attached hydrogen (secondary N) is 1. The van der Waals surface area contributed by atoms with Crippen LogP contribution < -0.4 is 5.32 Å². The van der Waals surface area contributed by atoms with Crippen LogP contribution in [0.15, 0.2) is 60.7 Å². The molecule has 0 bridgehead atoms. The summed E-state index contributed by atoms with van der Waals surface area (Å²) in [5.41, 5.74) is 1.98. The first kappa shape index (κ1) is 15.1. The molecule has 1 aliphatic heterocycles. The third-order valence-corrected chi connectivity index (χ3v) is 3.78. The van der Waals surface area contributed by atoms with Crippen molar-refractivity contribution in [2.24, 2.45) is 0 Å². The van der Waals surface area contributed by atoms with E-state index >= 15 is 0 Å². The number of nitrogens with zero attached hydrogens (tertiary/aromatic N) is 1. The average Bonchev–Trinajstić information content (AvgIpc) is 2.95. The minimum absolute atomic E-state index is 0.0896. The van der Waals surface area contributed by atoms with Crippen LogP contribution in [0.3, 0.4) is 0 Å². The van der Waals surface area contributed by atoms with Crippen molar-refractivity contribution in [1.82, 2.24) is 10.2 Å². The van der Waals surface area contributed by atoms with Crippen LogP contribution in [0.2, 0.25) is 0 Å². The monoisotopic (exact) mass is 310 g/mol. The van der Waals surface area contributed by atoms with Gasteiger partial charge in [0.2, 0.25) is 5.91 Å². The highest BCUT2D eigenvalue weighted by atomic mass is 16.6. The van der Waals surface area contributed by atoms with Crippen LogP contribution in [0.4, 0.5) is 4.79 Å². The maximum absolute atomic E-state index is 12.4. The van der Waals surface area contributed by atoms with Crippen LogP contribution in [0, 0.1) is 0 Å². The minimum Gasteiger partial charge on any atom is -0.447 e. The average molecular weight is 310 g/mol. The predicted molar refractivity (Wildman–Crippen MR) is 85.4 cm³/mol. The molecule has 0 unspecified atom stereocenters. The molecule has 118 valence electrons. The molecule has 2 aromatic carbocycles. The third kappa shape index (κ3) is 3.69. The lowest BCUT2D eigenvalue weighted by Gasteiger charge is -2.20. The highest BCUT2D eigenvalue weighted by molar-refractivity contribution is 5.87. The molecule has 2 aromatic rings. The van der Waals surface area contributed by atoms with Gasteiger partial charge in [-0.15, -0.1) is 0 Å². The van der Waals surface area contributed by atoms with Gasteiger partial charge in [-0.05, 0) is 11.1 Å². The number of carbonyl (C=O) groups excluding carboxylic acids is 2. The van der Waals surface area contributed by atoms with E-state index in [4.69, 9.17) is 4.74 Å². The molecule has 0 aliphatic carbocycles. The standard InChI is InChI=1S/C18H18N2O3/c21-17(19-11-14-7-3-1-4-8-14)16-13-23-18(22)20(16)12-15-9-5-2-6-10-15/h1-10,16H,11-13H2,(H,19,21)/t16-/m0/s1. The van der Waals surface area contributed by atoms with Crippen molar-refractivity contribution in [2.45, 2.75) is 19.1 Å². The fourth-order valence-corrected chi connectivity index (χ4v) is 2.53. The second-order valence-corrected chi connectivity index (χ2v) is 5.41. The molecule has 5 nitrogen and oxygen atoms in total. The highest BCUT2D eigenvalue weighted by Gasteiger charge is 2.37. The van der Waals surface area contributed by atoms with Crippen LogP contribution in [-0.2, 0) is 22.6 Å². The van der Waals surface area contributed by atoms with E-state index in [1.165, 1.54) is 4.90 Å². The van der Waals surface area contributed by atoms with E-state index in [0.29, 0.717) is 13.1 Å². The van der Waals surface area contributed by atoms with E-state index in [-0.39, 0.29) is 12.5 Å². The first-order valence-electron chi connectivity index (χ1n) is 7.53. The van der Waals surface area contributed by atoms with Gasteiger partial charge in [-0.2, -0.15) is 0 Å². The Kier molecular flexibility index (Phi) is 4.57. The summed E-state index contributed by atoms with van der Waals surface area (Å²) >= 11 is 0. The minimum atomic E-state index is -0.591. The molecular formula is C18H18N2O3. The zero-order chi connectivity index (χ0) is 16.1. The Morgan fingerprint density at radius 3 is 2.30 bits per heavy atom. The number of carbonyl (C=O) groups is 2. The molecule has 2 amide bonds. The van der Waals surface area contributed by atoms with Gasteiger partial charge >= 0.3 is 6.09 Å². The molecule has 1 aliphatic rings. The second kappa shape index (κ2) is 6.96. The normalized spacial score (nSPS) is 17.0. The Morgan fingerprint density at radius 1 is 1.04 bits per heavy atom. The van der Waals surface area contributed by atoms with Crippen LogP contribution >= 0.6 is 0 Å². The van der Waals surface area contributed by atoms with Crippen LogP contribution in [0.5, 0.6) is 0 Å². The maximum Gasteiger partial charge on any atom is 0.410 e. The van der Waals surface area contributed by atoms with E-state index in [9.17, 15) is 9.59 Å². The quantitative estimate of drug-likeness (QED) is 0.922. The van der Waals surface area contributed by atoms with E-state index in [2.05, 4.69) is 5.32 Å². The number of amides is 2. The lowest BCUT2D eigenvalue weighted by Crippen LogP contribution is -2.45. The molecule has 0 radical (unpaired) electrons. The molecule has 1 saturated heterocycles. The summed E-state index contributed by atoms with van der Waals surface area (Å²) in [5.74, 6) is -0.198. The molecule has 1 heterocycles. The van der Waals surface area contributed by atoms with Gasteiger partial charge in [-0.1, -0.05) is 60.7 Å². The Hall–Kier alpha value is -2.82. The smallest absolute Gasteiger partial charge is 0.410 e. The summed E-state index contributed by atoms with van der Waals surface area (Å²) in [6.45, 7) is 0.888. The molecule has 1 fully saturated rings. The molecule has 0 saturated carbocycles. The second-order valence-electron chi connectivity index (χ2n) is 5.41. The first-order valence-corrected chi connectivity index (χ1v) is 7.53. The van der Waals surface area contributed by atoms with E-state index in [1.54, 1.807) is 0 Å². The summed E-state index contributed by atoms with van der Waals surface area (Å²) in [7, 11) is 0. The van der Waals surface area contributed by atoms with Crippen LogP contribution in [0.25, 0.3) is 0 Å². The highest BCUT2D eigenvalue weighted by Crippen LogP contribution is 2.17. The summed E-state index contributed by atoms with van der Waals surface area (Å²) in [6, 6.07) is 18.6. The lowest BCUT2D eigenvalue weighted by atomic mass is 10.1. The Balaban J connectivity index is 1.63. The van der Waals surface area contributed by atoms with Gasteiger partial charge in [0.1, 0.15) is 12.6 Å². The zero-order valence-corrected chi connectivity index (χ0v) is 12.6. The molecule has 23 heavy (non-hydrogen) atoms. The van der Waals surface area contributed by atoms with Gasteiger partial charge in [0.15, 0.2) is 0 Å². The third-order valence-electron chi connectivity index (χ3n) is 3.78. The molecule has 5 heteroatoms. The number of ether oxygens (including phenoxy) is 1. The number of rotatable bonds is 5. The van der Waals surface area contributed by atoms with E-state index < -0.39 is 12.1 Å². The predicted octanol–water partition coefficient (Wildman–Crippen LogP) is 2.32.